The third-order valence-corrected chi connectivity index (χ3v) is 3.84. The molecule has 0 saturated heterocycles. The molecule has 0 aliphatic carbocycles. The predicted octanol–water partition coefficient (Wildman–Crippen LogP) is 3.68. The molecule has 4 nitrogen and oxygen atoms in total. The largest absolute Gasteiger partial charge is 0.493 e. The summed E-state index contributed by atoms with van der Waals surface area (Å²) >= 11 is 3.28. The van der Waals surface area contributed by atoms with Gasteiger partial charge in [0.25, 0.3) is 0 Å². The molecule has 0 bridgehead atoms. The monoisotopic (exact) mass is 355 g/mol. The number of hydrogen-bond acceptors (Lipinski definition) is 3. The van der Waals surface area contributed by atoms with E-state index in [0.29, 0.717) is 15.8 Å². The number of nitrogens with one attached hydrogen (secondary N) is 1. The summed E-state index contributed by atoms with van der Waals surface area (Å²) in [5.74, 6) is 0.368. The van der Waals surface area contributed by atoms with Crippen LogP contribution in [-0.4, -0.2) is 23.9 Å². The number of ether oxygens (including phenoxy) is 1. The summed E-state index contributed by atoms with van der Waals surface area (Å²) in [6.45, 7) is 4.06. The molecule has 0 fully saturated rings. The summed E-state index contributed by atoms with van der Waals surface area (Å²) < 4.78 is 22.3. The van der Waals surface area contributed by atoms with Crippen molar-refractivity contribution >= 4 is 15.9 Å². The SMILES string of the molecule is CNC(c1ccc(Br)cc1F)c1c(OC)cnn1C(C)C. The van der Waals surface area contributed by atoms with Gasteiger partial charge in [-0.1, -0.05) is 22.0 Å². The highest BCUT2D eigenvalue weighted by molar-refractivity contribution is 9.10. The van der Waals surface area contributed by atoms with E-state index in [1.165, 1.54) is 6.07 Å². The summed E-state index contributed by atoms with van der Waals surface area (Å²) in [6, 6.07) is 4.86. The average Bonchev–Trinajstić information content (AvgIpc) is 2.86. The Labute approximate surface area is 132 Å². The zero-order chi connectivity index (χ0) is 15.6. The van der Waals surface area contributed by atoms with Crippen molar-refractivity contribution in [2.24, 2.45) is 0 Å². The van der Waals surface area contributed by atoms with Crippen molar-refractivity contribution in [3.63, 3.8) is 0 Å². The molecular formula is C15H19BrFN3O. The molecule has 2 aromatic rings. The highest BCUT2D eigenvalue weighted by atomic mass is 79.9. The zero-order valence-electron chi connectivity index (χ0n) is 12.5. The van der Waals surface area contributed by atoms with E-state index >= 15 is 0 Å². The van der Waals surface area contributed by atoms with Crippen molar-refractivity contribution in [1.29, 1.82) is 0 Å². The molecule has 0 saturated carbocycles. The predicted molar refractivity (Wildman–Crippen MR) is 84.2 cm³/mol. The van der Waals surface area contributed by atoms with Gasteiger partial charge < -0.3 is 10.1 Å². The molecule has 1 unspecified atom stereocenters. The van der Waals surface area contributed by atoms with E-state index < -0.39 is 0 Å². The maximum atomic E-state index is 14.3. The summed E-state index contributed by atoms with van der Waals surface area (Å²) in [5.41, 5.74) is 1.37. The van der Waals surface area contributed by atoms with Crippen LogP contribution >= 0.6 is 15.9 Å². The molecule has 1 heterocycles. The molecule has 2 rings (SSSR count). The molecule has 0 aliphatic rings. The fraction of sp³-hybridized carbons (Fsp3) is 0.400. The van der Waals surface area contributed by atoms with Crippen LogP contribution in [0, 0.1) is 5.82 Å². The summed E-state index contributed by atoms with van der Waals surface area (Å²) in [5, 5.41) is 7.50. The highest BCUT2D eigenvalue weighted by Crippen LogP contribution is 2.33. The van der Waals surface area contributed by atoms with Gasteiger partial charge in [0.15, 0.2) is 5.75 Å². The Kier molecular flexibility index (Phi) is 5.00. The fourth-order valence-electron chi connectivity index (χ4n) is 2.37. The molecule has 0 aliphatic heterocycles. The molecule has 1 N–H and O–H groups in total. The second-order valence-corrected chi connectivity index (χ2v) is 5.94. The van der Waals surface area contributed by atoms with Gasteiger partial charge in [0.2, 0.25) is 0 Å². The summed E-state index contributed by atoms with van der Waals surface area (Å²) in [7, 11) is 3.39. The molecule has 21 heavy (non-hydrogen) atoms. The quantitative estimate of drug-likeness (QED) is 0.888. The third kappa shape index (κ3) is 3.11. The van der Waals surface area contributed by atoms with Crippen molar-refractivity contribution in [2.45, 2.75) is 25.9 Å². The molecule has 0 amide bonds. The van der Waals surface area contributed by atoms with E-state index in [2.05, 4.69) is 26.3 Å². The lowest BCUT2D eigenvalue weighted by Crippen LogP contribution is -2.24. The summed E-state index contributed by atoms with van der Waals surface area (Å²) in [6.07, 6.45) is 1.66. The smallest absolute Gasteiger partial charge is 0.161 e. The Morgan fingerprint density at radius 1 is 1.38 bits per heavy atom. The van der Waals surface area contributed by atoms with E-state index in [0.717, 1.165) is 5.69 Å². The number of methoxy groups -OCH3 is 1. The Morgan fingerprint density at radius 2 is 2.10 bits per heavy atom. The normalized spacial score (nSPS) is 12.7. The van der Waals surface area contributed by atoms with Crippen LogP contribution < -0.4 is 10.1 Å². The van der Waals surface area contributed by atoms with Gasteiger partial charge in [-0.05, 0) is 33.0 Å². The number of aromatic nitrogens is 2. The van der Waals surface area contributed by atoms with Crippen LogP contribution in [0.4, 0.5) is 4.39 Å². The maximum Gasteiger partial charge on any atom is 0.161 e. The van der Waals surface area contributed by atoms with E-state index in [9.17, 15) is 4.39 Å². The van der Waals surface area contributed by atoms with Gasteiger partial charge in [0.1, 0.15) is 11.5 Å². The number of nitrogens with zero attached hydrogens (tertiary/aromatic N) is 2. The van der Waals surface area contributed by atoms with E-state index in [-0.39, 0.29) is 17.9 Å². The fourth-order valence-corrected chi connectivity index (χ4v) is 2.71. The number of hydrogen-bond donors (Lipinski definition) is 1. The van der Waals surface area contributed by atoms with Crippen molar-refractivity contribution in [3.8, 4) is 5.75 Å². The van der Waals surface area contributed by atoms with Gasteiger partial charge in [-0.15, -0.1) is 0 Å². The maximum absolute atomic E-state index is 14.3. The lowest BCUT2D eigenvalue weighted by molar-refractivity contribution is 0.394. The number of benzene rings is 1. The van der Waals surface area contributed by atoms with Crippen molar-refractivity contribution in [2.75, 3.05) is 14.2 Å². The topological polar surface area (TPSA) is 39.1 Å². The van der Waals surface area contributed by atoms with E-state index in [1.54, 1.807) is 26.4 Å². The van der Waals surface area contributed by atoms with Gasteiger partial charge in [-0.3, -0.25) is 4.68 Å². The minimum absolute atomic E-state index is 0.151. The zero-order valence-corrected chi connectivity index (χ0v) is 14.1. The molecule has 1 aromatic heterocycles. The van der Waals surface area contributed by atoms with Crippen LogP contribution in [-0.2, 0) is 0 Å². The van der Waals surface area contributed by atoms with Crippen LogP contribution in [0.5, 0.6) is 5.75 Å². The molecule has 1 aromatic carbocycles. The lowest BCUT2D eigenvalue weighted by atomic mass is 10.0. The lowest BCUT2D eigenvalue weighted by Gasteiger charge is -2.22. The van der Waals surface area contributed by atoms with Crippen LogP contribution in [0.1, 0.15) is 37.2 Å². The second kappa shape index (κ2) is 6.58. The van der Waals surface area contributed by atoms with Gasteiger partial charge in [0, 0.05) is 16.1 Å². The standard InChI is InChI=1S/C15H19BrFN3O/c1-9(2)20-15(13(21-4)8-19-20)14(18-3)11-6-5-10(16)7-12(11)17/h5-9,14,18H,1-4H3. The molecule has 1 atom stereocenters. The average molecular weight is 356 g/mol. The van der Waals surface area contributed by atoms with Crippen molar-refractivity contribution < 1.29 is 9.13 Å². The molecule has 0 radical (unpaired) electrons. The van der Waals surface area contributed by atoms with Crippen LogP contribution in [0.15, 0.2) is 28.9 Å². The minimum Gasteiger partial charge on any atom is -0.493 e. The minimum atomic E-state index is -0.335. The van der Waals surface area contributed by atoms with E-state index in [1.807, 2.05) is 24.6 Å². The van der Waals surface area contributed by atoms with Crippen LogP contribution in [0.3, 0.4) is 0 Å². The van der Waals surface area contributed by atoms with Gasteiger partial charge in [-0.25, -0.2) is 4.39 Å². The third-order valence-electron chi connectivity index (χ3n) is 3.34. The van der Waals surface area contributed by atoms with Gasteiger partial charge in [0.05, 0.1) is 19.3 Å². The number of rotatable bonds is 5. The first kappa shape index (κ1) is 16.0. The Hall–Kier alpha value is -1.40. The van der Waals surface area contributed by atoms with Crippen molar-refractivity contribution in [3.05, 3.63) is 45.9 Å². The Morgan fingerprint density at radius 3 is 2.62 bits per heavy atom. The van der Waals surface area contributed by atoms with Gasteiger partial charge >= 0.3 is 0 Å². The first-order chi connectivity index (χ1) is 9.99. The Bertz CT molecular complexity index is 627. The molecular weight excluding hydrogens is 337 g/mol. The molecule has 114 valence electrons. The first-order valence-electron chi connectivity index (χ1n) is 6.73. The van der Waals surface area contributed by atoms with E-state index in [4.69, 9.17) is 4.74 Å². The molecule has 0 spiro atoms. The van der Waals surface area contributed by atoms with Crippen LogP contribution in [0.2, 0.25) is 0 Å². The Balaban J connectivity index is 2.58. The number of halogens is 2. The van der Waals surface area contributed by atoms with Gasteiger partial charge in [-0.2, -0.15) is 5.10 Å². The summed E-state index contributed by atoms with van der Waals surface area (Å²) in [4.78, 5) is 0. The van der Waals surface area contributed by atoms with Crippen molar-refractivity contribution in [1.82, 2.24) is 15.1 Å². The first-order valence-corrected chi connectivity index (χ1v) is 7.52. The van der Waals surface area contributed by atoms with Crippen LogP contribution in [0.25, 0.3) is 0 Å². The molecule has 6 heteroatoms. The highest BCUT2D eigenvalue weighted by Gasteiger charge is 2.25. The second-order valence-electron chi connectivity index (χ2n) is 5.02.